The number of carbonyl (C=O) groups excluding carboxylic acids is 1. The van der Waals surface area contributed by atoms with Crippen LogP contribution in [-0.2, 0) is 4.79 Å². The zero-order valence-corrected chi connectivity index (χ0v) is 12.9. The molecule has 0 unspecified atom stereocenters. The Morgan fingerprint density at radius 2 is 1.67 bits per heavy atom. The smallest absolute Gasteiger partial charge is 0.243 e. The molecule has 2 aromatic rings. The van der Waals surface area contributed by atoms with Crippen molar-refractivity contribution in [2.45, 2.75) is 13.8 Å². The maximum atomic E-state index is 12.2. The van der Waals surface area contributed by atoms with Gasteiger partial charge in [0, 0.05) is 0 Å². The number of para-hydroxylation sites is 2. The van der Waals surface area contributed by atoms with Crippen LogP contribution >= 0.6 is 11.8 Å². The number of nitrogens with zero attached hydrogens (tertiary/aromatic N) is 2. The van der Waals surface area contributed by atoms with Gasteiger partial charge < -0.3 is 0 Å². The first-order valence-corrected chi connectivity index (χ1v) is 7.81. The summed E-state index contributed by atoms with van der Waals surface area (Å²) in [7, 11) is 0. The van der Waals surface area contributed by atoms with E-state index in [1.54, 1.807) is 4.90 Å². The Bertz CT molecular complexity index is 724. The van der Waals surface area contributed by atoms with E-state index < -0.39 is 0 Å². The minimum Gasteiger partial charge on any atom is -0.273 e. The van der Waals surface area contributed by atoms with Gasteiger partial charge in [0.2, 0.25) is 5.91 Å². The molecule has 0 radical (unpaired) electrons. The van der Waals surface area contributed by atoms with Crippen molar-refractivity contribution in [2.24, 2.45) is 4.99 Å². The molecule has 1 saturated heterocycles. The summed E-state index contributed by atoms with van der Waals surface area (Å²) in [6, 6.07) is 15.9. The molecule has 21 heavy (non-hydrogen) atoms. The number of benzene rings is 2. The molecule has 3 nitrogen and oxygen atoms in total. The second-order valence-corrected chi connectivity index (χ2v) is 5.93. The van der Waals surface area contributed by atoms with Crippen LogP contribution < -0.4 is 4.90 Å². The first kappa shape index (κ1) is 13.9. The van der Waals surface area contributed by atoms with Gasteiger partial charge in [-0.3, -0.25) is 9.69 Å². The number of rotatable bonds is 2. The number of hydrogen-bond donors (Lipinski definition) is 0. The zero-order chi connectivity index (χ0) is 14.8. The van der Waals surface area contributed by atoms with Crippen molar-refractivity contribution < 1.29 is 4.79 Å². The predicted octanol–water partition coefficient (Wildman–Crippen LogP) is 4.07. The fraction of sp³-hybridized carbons (Fsp3) is 0.176. The number of aryl methyl sites for hydroxylation is 2. The van der Waals surface area contributed by atoms with Crippen molar-refractivity contribution in [3.05, 3.63) is 59.7 Å². The van der Waals surface area contributed by atoms with Crippen molar-refractivity contribution in [3.8, 4) is 0 Å². The average Bonchev–Trinajstić information content (AvgIpc) is 2.83. The van der Waals surface area contributed by atoms with Crippen LogP contribution in [-0.4, -0.2) is 16.8 Å². The van der Waals surface area contributed by atoms with E-state index in [9.17, 15) is 4.79 Å². The van der Waals surface area contributed by atoms with E-state index in [0.717, 1.165) is 27.7 Å². The molecule has 1 amide bonds. The third-order valence-corrected chi connectivity index (χ3v) is 4.38. The fourth-order valence-corrected chi connectivity index (χ4v) is 3.16. The van der Waals surface area contributed by atoms with Gasteiger partial charge in [-0.1, -0.05) is 48.2 Å². The standard InChI is InChI=1S/C17H16N2OS/c1-12-7-3-5-9-14(12)18-17-19(16(20)11-21-17)15-10-6-4-8-13(15)2/h3-10H,11H2,1-2H3. The molecule has 0 aromatic heterocycles. The molecule has 0 bridgehead atoms. The van der Waals surface area contributed by atoms with Gasteiger partial charge in [-0.2, -0.15) is 0 Å². The number of hydrogen-bond acceptors (Lipinski definition) is 3. The highest BCUT2D eigenvalue weighted by atomic mass is 32.2. The summed E-state index contributed by atoms with van der Waals surface area (Å²) in [6.45, 7) is 4.04. The van der Waals surface area contributed by atoms with E-state index in [1.165, 1.54) is 11.8 Å². The summed E-state index contributed by atoms with van der Waals surface area (Å²) in [5.74, 6) is 0.528. The highest BCUT2D eigenvalue weighted by molar-refractivity contribution is 8.15. The highest BCUT2D eigenvalue weighted by Crippen LogP contribution is 2.31. The van der Waals surface area contributed by atoms with Crippen LogP contribution in [0.1, 0.15) is 11.1 Å². The maximum absolute atomic E-state index is 12.2. The monoisotopic (exact) mass is 296 g/mol. The Morgan fingerprint density at radius 3 is 2.38 bits per heavy atom. The first-order valence-electron chi connectivity index (χ1n) is 6.82. The van der Waals surface area contributed by atoms with Crippen LogP contribution in [0.25, 0.3) is 0 Å². The van der Waals surface area contributed by atoms with Crippen LogP contribution in [0.5, 0.6) is 0 Å². The molecular formula is C17H16N2OS. The molecule has 0 spiro atoms. The van der Waals surface area contributed by atoms with Gasteiger partial charge in [-0.15, -0.1) is 0 Å². The van der Waals surface area contributed by atoms with Gasteiger partial charge in [-0.05, 0) is 37.1 Å². The maximum Gasteiger partial charge on any atom is 0.243 e. The van der Waals surface area contributed by atoms with E-state index >= 15 is 0 Å². The Kier molecular flexibility index (Phi) is 3.80. The van der Waals surface area contributed by atoms with E-state index in [2.05, 4.69) is 0 Å². The number of amides is 1. The lowest BCUT2D eigenvalue weighted by Crippen LogP contribution is -2.29. The summed E-state index contributed by atoms with van der Waals surface area (Å²) in [5, 5.41) is 0.753. The molecule has 0 saturated carbocycles. The molecular weight excluding hydrogens is 280 g/mol. The number of carbonyl (C=O) groups is 1. The third-order valence-electron chi connectivity index (χ3n) is 3.45. The van der Waals surface area contributed by atoms with Crippen LogP contribution in [0.15, 0.2) is 53.5 Å². The van der Waals surface area contributed by atoms with Crippen LogP contribution in [0, 0.1) is 13.8 Å². The van der Waals surface area contributed by atoms with E-state index in [4.69, 9.17) is 4.99 Å². The molecule has 0 aliphatic carbocycles. The quantitative estimate of drug-likeness (QED) is 0.837. The molecule has 4 heteroatoms. The average molecular weight is 296 g/mol. The lowest BCUT2D eigenvalue weighted by atomic mass is 10.2. The lowest BCUT2D eigenvalue weighted by molar-refractivity contribution is -0.115. The fourth-order valence-electron chi connectivity index (χ4n) is 2.29. The van der Waals surface area contributed by atoms with Crippen molar-refractivity contribution in [1.82, 2.24) is 0 Å². The summed E-state index contributed by atoms with van der Waals surface area (Å²) >= 11 is 1.49. The van der Waals surface area contributed by atoms with E-state index in [0.29, 0.717) is 5.75 Å². The molecule has 0 N–H and O–H groups in total. The summed E-state index contributed by atoms with van der Waals surface area (Å²) in [5.41, 5.74) is 4.01. The summed E-state index contributed by atoms with van der Waals surface area (Å²) in [6.07, 6.45) is 0. The Labute approximate surface area is 128 Å². The molecule has 106 valence electrons. The van der Waals surface area contributed by atoms with Gasteiger partial charge >= 0.3 is 0 Å². The molecule has 2 aromatic carbocycles. The van der Waals surface area contributed by atoms with Crippen LogP contribution in [0.3, 0.4) is 0 Å². The van der Waals surface area contributed by atoms with Gasteiger partial charge in [0.1, 0.15) is 0 Å². The Morgan fingerprint density at radius 1 is 1.00 bits per heavy atom. The summed E-state index contributed by atoms with van der Waals surface area (Å²) in [4.78, 5) is 18.7. The second kappa shape index (κ2) is 5.74. The SMILES string of the molecule is Cc1ccccc1N=C1SCC(=O)N1c1ccccc1C. The second-order valence-electron chi connectivity index (χ2n) is 4.99. The minimum absolute atomic E-state index is 0.0848. The largest absolute Gasteiger partial charge is 0.273 e. The number of anilines is 1. The lowest BCUT2D eigenvalue weighted by Gasteiger charge is -2.18. The van der Waals surface area contributed by atoms with Crippen LogP contribution in [0.4, 0.5) is 11.4 Å². The molecule has 0 atom stereocenters. The molecule has 1 aliphatic rings. The van der Waals surface area contributed by atoms with E-state index in [1.807, 2.05) is 62.4 Å². The Balaban J connectivity index is 2.05. The van der Waals surface area contributed by atoms with E-state index in [-0.39, 0.29) is 5.91 Å². The van der Waals surface area contributed by atoms with Gasteiger partial charge in [-0.25, -0.2) is 4.99 Å². The molecule has 1 aliphatic heterocycles. The highest BCUT2D eigenvalue weighted by Gasteiger charge is 2.30. The van der Waals surface area contributed by atoms with Crippen molar-refractivity contribution in [1.29, 1.82) is 0 Å². The Hall–Kier alpha value is -2.07. The zero-order valence-electron chi connectivity index (χ0n) is 12.0. The first-order chi connectivity index (χ1) is 10.2. The summed E-state index contributed by atoms with van der Waals surface area (Å²) < 4.78 is 0. The van der Waals surface area contributed by atoms with Gasteiger partial charge in [0.15, 0.2) is 5.17 Å². The number of amidine groups is 1. The van der Waals surface area contributed by atoms with Crippen LogP contribution in [0.2, 0.25) is 0 Å². The molecule has 1 heterocycles. The number of thioether (sulfide) groups is 1. The van der Waals surface area contributed by atoms with Crippen molar-refractivity contribution in [2.75, 3.05) is 10.7 Å². The number of aliphatic imine (C=N–C) groups is 1. The van der Waals surface area contributed by atoms with Gasteiger partial charge in [0.05, 0.1) is 17.1 Å². The predicted molar refractivity (Wildman–Crippen MR) is 89.4 cm³/mol. The third kappa shape index (κ3) is 2.72. The normalized spacial score (nSPS) is 16.8. The van der Waals surface area contributed by atoms with Crippen molar-refractivity contribution in [3.63, 3.8) is 0 Å². The molecule has 1 fully saturated rings. The molecule has 3 rings (SSSR count). The van der Waals surface area contributed by atoms with Crippen molar-refractivity contribution >= 4 is 34.2 Å². The minimum atomic E-state index is 0.0848. The topological polar surface area (TPSA) is 32.7 Å². The van der Waals surface area contributed by atoms with Gasteiger partial charge in [0.25, 0.3) is 0 Å².